The quantitative estimate of drug-likeness (QED) is 0.846. The predicted molar refractivity (Wildman–Crippen MR) is 79.9 cm³/mol. The van der Waals surface area contributed by atoms with Crippen LogP contribution in [0.3, 0.4) is 0 Å². The lowest BCUT2D eigenvalue weighted by Gasteiger charge is -2.25. The van der Waals surface area contributed by atoms with Gasteiger partial charge in [0.1, 0.15) is 0 Å². The highest BCUT2D eigenvalue weighted by molar-refractivity contribution is 9.10. The molecule has 102 valence electrons. The number of ketones is 1. The van der Waals surface area contributed by atoms with Crippen LogP contribution in [0, 0.1) is 0 Å². The maximum absolute atomic E-state index is 11.6. The molecule has 2 rings (SSSR count). The van der Waals surface area contributed by atoms with E-state index in [-0.39, 0.29) is 0 Å². The summed E-state index contributed by atoms with van der Waals surface area (Å²) < 4.78 is 0.859. The average molecular weight is 325 g/mol. The Morgan fingerprint density at radius 1 is 1.16 bits per heavy atom. The summed E-state index contributed by atoms with van der Waals surface area (Å²) in [6.07, 6.45) is 2.10. The van der Waals surface area contributed by atoms with Crippen molar-refractivity contribution < 1.29 is 9.59 Å². The van der Waals surface area contributed by atoms with E-state index in [0.717, 1.165) is 36.1 Å². The minimum absolute atomic E-state index is 0.452. The number of halogens is 1. The molecule has 1 heterocycles. The molecule has 1 aliphatic rings. The van der Waals surface area contributed by atoms with E-state index in [2.05, 4.69) is 40.0 Å². The van der Waals surface area contributed by atoms with Crippen molar-refractivity contribution in [2.45, 2.75) is 26.7 Å². The Balaban J connectivity index is 2.40. The van der Waals surface area contributed by atoms with Gasteiger partial charge in [-0.2, -0.15) is 0 Å². The van der Waals surface area contributed by atoms with Crippen molar-refractivity contribution in [3.63, 3.8) is 0 Å². The summed E-state index contributed by atoms with van der Waals surface area (Å²) in [4.78, 5) is 25.3. The molecule has 1 aliphatic heterocycles. The molecule has 0 saturated carbocycles. The van der Waals surface area contributed by atoms with Gasteiger partial charge in [-0.25, -0.2) is 0 Å². The molecule has 0 atom stereocenters. The predicted octanol–water partition coefficient (Wildman–Crippen LogP) is 3.21. The van der Waals surface area contributed by atoms with Crippen molar-refractivity contribution in [2.75, 3.05) is 23.3 Å². The van der Waals surface area contributed by atoms with Crippen molar-refractivity contribution in [3.8, 4) is 0 Å². The number of nitrogens with zero attached hydrogens (tertiary/aromatic N) is 1. The van der Waals surface area contributed by atoms with Gasteiger partial charge in [-0.15, -0.1) is 0 Å². The van der Waals surface area contributed by atoms with Gasteiger partial charge in [0.15, 0.2) is 0 Å². The first-order valence-electron chi connectivity index (χ1n) is 6.52. The second kappa shape index (κ2) is 5.74. The minimum Gasteiger partial charge on any atom is -0.371 e. The normalized spacial score (nSPS) is 13.4. The first-order chi connectivity index (χ1) is 9.08. The van der Waals surface area contributed by atoms with Crippen LogP contribution in [0.15, 0.2) is 16.6 Å². The van der Waals surface area contributed by atoms with Gasteiger partial charge in [-0.1, -0.05) is 13.8 Å². The number of fused-ring (bicyclic) bond motifs is 1. The maximum Gasteiger partial charge on any atom is 0.296 e. The lowest BCUT2D eigenvalue weighted by molar-refractivity contribution is -0.112. The average Bonchev–Trinajstić information content (AvgIpc) is 2.64. The largest absolute Gasteiger partial charge is 0.371 e. The number of nitrogens with one attached hydrogen (secondary N) is 1. The molecule has 1 aromatic carbocycles. The molecule has 0 fully saturated rings. The molecular weight excluding hydrogens is 308 g/mol. The van der Waals surface area contributed by atoms with Crippen molar-refractivity contribution in [2.24, 2.45) is 0 Å². The molecule has 1 amide bonds. The van der Waals surface area contributed by atoms with Gasteiger partial charge in [0.25, 0.3) is 11.7 Å². The summed E-state index contributed by atoms with van der Waals surface area (Å²) in [5.41, 5.74) is 2.09. The first-order valence-corrected chi connectivity index (χ1v) is 7.32. The highest BCUT2D eigenvalue weighted by Gasteiger charge is 2.29. The van der Waals surface area contributed by atoms with Gasteiger partial charge in [0.2, 0.25) is 0 Å². The Hall–Kier alpha value is -1.36. The molecule has 0 radical (unpaired) electrons. The number of rotatable bonds is 5. The number of Topliss-reactive ketones (excluding diaryl/α,β-unsaturated/α-hetero) is 1. The van der Waals surface area contributed by atoms with Crippen molar-refractivity contribution >= 4 is 39.0 Å². The number of hydrogen-bond donors (Lipinski definition) is 1. The smallest absolute Gasteiger partial charge is 0.296 e. The van der Waals surface area contributed by atoms with Gasteiger partial charge < -0.3 is 10.2 Å². The van der Waals surface area contributed by atoms with Crippen LogP contribution in [0.25, 0.3) is 0 Å². The van der Waals surface area contributed by atoms with E-state index in [0.29, 0.717) is 11.3 Å². The van der Waals surface area contributed by atoms with Crippen LogP contribution < -0.4 is 10.2 Å². The summed E-state index contributed by atoms with van der Waals surface area (Å²) in [5, 5.41) is 2.62. The van der Waals surface area contributed by atoms with Crippen LogP contribution in [-0.2, 0) is 4.79 Å². The standard InChI is InChI=1S/C14H17BrN2O2/c1-3-5-17(6-4-2)12-8-11-9(7-10(12)15)13(18)14(19)16-11/h7-8H,3-6H2,1-2H3,(H,16,18,19). The molecule has 0 bridgehead atoms. The Morgan fingerprint density at radius 2 is 1.79 bits per heavy atom. The van der Waals surface area contributed by atoms with Gasteiger partial charge in [-0.05, 0) is 40.9 Å². The molecule has 4 nitrogen and oxygen atoms in total. The second-order valence-corrected chi connectivity index (χ2v) is 5.47. The third-order valence-corrected chi connectivity index (χ3v) is 3.75. The number of amides is 1. The fraction of sp³-hybridized carbons (Fsp3) is 0.429. The van der Waals surface area contributed by atoms with Crippen LogP contribution >= 0.6 is 15.9 Å². The zero-order valence-electron chi connectivity index (χ0n) is 11.1. The Morgan fingerprint density at radius 3 is 2.37 bits per heavy atom. The number of carbonyl (C=O) groups excluding carboxylic acids is 2. The fourth-order valence-corrected chi connectivity index (χ4v) is 2.88. The topological polar surface area (TPSA) is 49.4 Å². The lowest BCUT2D eigenvalue weighted by Crippen LogP contribution is -2.25. The van der Waals surface area contributed by atoms with Crippen LogP contribution in [0.4, 0.5) is 11.4 Å². The molecule has 19 heavy (non-hydrogen) atoms. The fourth-order valence-electron chi connectivity index (χ4n) is 2.29. The summed E-state index contributed by atoms with van der Waals surface area (Å²) in [6, 6.07) is 3.62. The van der Waals surface area contributed by atoms with Gasteiger partial charge in [0.05, 0.1) is 16.9 Å². The van der Waals surface area contributed by atoms with Crippen LogP contribution in [-0.4, -0.2) is 24.8 Å². The van der Waals surface area contributed by atoms with E-state index in [1.807, 2.05) is 6.07 Å². The summed E-state index contributed by atoms with van der Waals surface area (Å²) >= 11 is 3.50. The molecule has 1 aromatic rings. The molecule has 0 aromatic heterocycles. The Kier molecular flexibility index (Phi) is 4.24. The van der Waals surface area contributed by atoms with E-state index < -0.39 is 11.7 Å². The molecule has 0 saturated heterocycles. The van der Waals surface area contributed by atoms with Crippen molar-refractivity contribution in [1.82, 2.24) is 0 Å². The zero-order chi connectivity index (χ0) is 14.0. The SMILES string of the molecule is CCCN(CCC)c1cc2c(cc1Br)C(=O)C(=O)N2. The molecule has 0 unspecified atom stereocenters. The number of benzene rings is 1. The molecular formula is C14H17BrN2O2. The maximum atomic E-state index is 11.6. The molecule has 0 aliphatic carbocycles. The van der Waals surface area contributed by atoms with Crippen LogP contribution in [0.5, 0.6) is 0 Å². The van der Waals surface area contributed by atoms with Gasteiger partial charge >= 0.3 is 0 Å². The third-order valence-electron chi connectivity index (χ3n) is 3.11. The zero-order valence-corrected chi connectivity index (χ0v) is 12.7. The second-order valence-electron chi connectivity index (χ2n) is 4.62. The highest BCUT2D eigenvalue weighted by atomic mass is 79.9. The Bertz CT molecular complexity index is 522. The van der Waals surface area contributed by atoms with Crippen molar-refractivity contribution in [3.05, 3.63) is 22.2 Å². The molecule has 0 spiro atoms. The number of hydrogen-bond acceptors (Lipinski definition) is 3. The van der Waals surface area contributed by atoms with Crippen LogP contribution in [0.1, 0.15) is 37.0 Å². The summed E-state index contributed by atoms with van der Waals surface area (Å²) in [6.45, 7) is 6.17. The third kappa shape index (κ3) is 2.66. The summed E-state index contributed by atoms with van der Waals surface area (Å²) in [7, 11) is 0. The lowest BCUT2D eigenvalue weighted by atomic mass is 10.1. The van der Waals surface area contributed by atoms with E-state index in [9.17, 15) is 9.59 Å². The van der Waals surface area contributed by atoms with E-state index in [4.69, 9.17) is 0 Å². The van der Waals surface area contributed by atoms with Gasteiger partial charge in [0, 0.05) is 17.6 Å². The molecule has 1 N–H and O–H groups in total. The van der Waals surface area contributed by atoms with Gasteiger partial charge in [-0.3, -0.25) is 9.59 Å². The highest BCUT2D eigenvalue weighted by Crippen LogP contribution is 2.35. The molecule has 5 heteroatoms. The minimum atomic E-state index is -0.545. The van der Waals surface area contributed by atoms with E-state index >= 15 is 0 Å². The monoisotopic (exact) mass is 324 g/mol. The summed E-state index contributed by atoms with van der Waals surface area (Å²) in [5.74, 6) is -1.00. The Labute approximate surface area is 121 Å². The number of anilines is 2. The number of carbonyl (C=O) groups is 2. The van der Waals surface area contributed by atoms with Crippen molar-refractivity contribution in [1.29, 1.82) is 0 Å². The van der Waals surface area contributed by atoms with E-state index in [1.165, 1.54) is 0 Å². The van der Waals surface area contributed by atoms with Crippen LogP contribution in [0.2, 0.25) is 0 Å². The first kappa shape index (κ1) is 14.1. The van der Waals surface area contributed by atoms with E-state index in [1.54, 1.807) is 6.07 Å².